The lowest BCUT2D eigenvalue weighted by Gasteiger charge is -2.42. The molecule has 0 spiro atoms. The van der Waals surface area contributed by atoms with Crippen LogP contribution in [0.5, 0.6) is 0 Å². The van der Waals surface area contributed by atoms with E-state index in [4.69, 9.17) is 24.7 Å². The first-order valence-corrected chi connectivity index (χ1v) is 12.5. The zero-order valence-electron chi connectivity index (χ0n) is 21.8. The van der Waals surface area contributed by atoms with Crippen LogP contribution in [-0.2, 0) is 28.5 Å². The summed E-state index contributed by atoms with van der Waals surface area (Å²) in [6.07, 6.45) is -1.52. The summed E-state index contributed by atoms with van der Waals surface area (Å²) in [5, 5.41) is 9.34. The van der Waals surface area contributed by atoms with Crippen LogP contribution in [0.2, 0.25) is 0 Å². The molecule has 10 heteroatoms. The molecule has 0 amide bonds. The Morgan fingerprint density at radius 1 is 1.11 bits per heavy atom. The summed E-state index contributed by atoms with van der Waals surface area (Å²) in [7, 11) is 0. The molecule has 3 aliphatic carbocycles. The van der Waals surface area contributed by atoms with E-state index < -0.39 is 53.5 Å². The molecule has 9 atom stereocenters. The smallest absolute Gasteiger partial charge is 0.479 e. The van der Waals surface area contributed by atoms with Gasteiger partial charge in [0.1, 0.15) is 11.6 Å². The van der Waals surface area contributed by atoms with E-state index in [0.717, 1.165) is 6.42 Å². The normalized spacial score (nSPS) is 42.1. The maximum Gasteiger partial charge on any atom is 0.511 e. The molecule has 0 aromatic carbocycles. The Morgan fingerprint density at radius 3 is 2.29 bits per heavy atom. The van der Waals surface area contributed by atoms with Crippen LogP contribution < -0.4 is 5.73 Å². The fraction of sp³-hybridized carbons (Fsp3) is 0.880. The van der Waals surface area contributed by atoms with Crippen molar-refractivity contribution in [2.24, 2.45) is 34.3 Å². The van der Waals surface area contributed by atoms with Gasteiger partial charge in [0.2, 0.25) is 12.0 Å². The number of carbonyl (C=O) groups excluding carboxylic acids is 2. The van der Waals surface area contributed by atoms with E-state index in [1.807, 2.05) is 6.92 Å². The Morgan fingerprint density at radius 2 is 1.74 bits per heavy atom. The van der Waals surface area contributed by atoms with Crippen molar-refractivity contribution in [3.8, 4) is 0 Å². The van der Waals surface area contributed by atoms with Gasteiger partial charge in [0.15, 0.2) is 0 Å². The van der Waals surface area contributed by atoms with E-state index in [1.165, 1.54) is 6.92 Å². The molecular formula is C25H40FNO8. The summed E-state index contributed by atoms with van der Waals surface area (Å²) < 4.78 is 36.8. The van der Waals surface area contributed by atoms with Gasteiger partial charge in [-0.15, -0.1) is 0 Å². The van der Waals surface area contributed by atoms with Crippen LogP contribution in [0.15, 0.2) is 0 Å². The lowest BCUT2D eigenvalue weighted by atomic mass is 9.64. The van der Waals surface area contributed by atoms with Crippen LogP contribution in [0.1, 0.15) is 74.1 Å². The number of esters is 1. The molecule has 3 rings (SSSR count). The average molecular weight is 502 g/mol. The molecule has 3 N–H and O–H groups in total. The summed E-state index contributed by atoms with van der Waals surface area (Å²) >= 11 is 0. The number of ether oxygens (including phenoxy) is 4. The molecule has 0 saturated heterocycles. The number of alkyl halides is 1. The molecular weight excluding hydrogens is 461 g/mol. The Bertz CT molecular complexity index is 866. The summed E-state index contributed by atoms with van der Waals surface area (Å²) in [6.45, 7) is 14.0. The predicted molar refractivity (Wildman–Crippen MR) is 123 cm³/mol. The quantitative estimate of drug-likeness (QED) is 0.357. The summed E-state index contributed by atoms with van der Waals surface area (Å²) in [5.74, 6) is -4.64. The highest BCUT2D eigenvalue weighted by Gasteiger charge is 2.85. The van der Waals surface area contributed by atoms with E-state index in [2.05, 4.69) is 34.6 Å². The highest BCUT2D eigenvalue weighted by atomic mass is 19.1. The minimum Gasteiger partial charge on any atom is -0.479 e. The fourth-order valence-corrected chi connectivity index (χ4v) is 6.33. The first-order valence-electron chi connectivity index (χ1n) is 12.5. The second-order valence-electron chi connectivity index (χ2n) is 11.3. The van der Waals surface area contributed by atoms with Gasteiger partial charge < -0.3 is 29.8 Å². The number of carbonyl (C=O) groups is 3. The molecule has 0 radical (unpaired) electrons. The van der Waals surface area contributed by atoms with Gasteiger partial charge in [-0.2, -0.15) is 0 Å². The second kappa shape index (κ2) is 9.18. The molecule has 0 bridgehead atoms. The zero-order valence-corrected chi connectivity index (χ0v) is 21.8. The van der Waals surface area contributed by atoms with Gasteiger partial charge in [-0.05, 0) is 37.0 Å². The summed E-state index contributed by atoms with van der Waals surface area (Å²) in [6, 6.07) is 0. The maximum atomic E-state index is 15.0. The number of hydrogen-bond donors (Lipinski definition) is 2. The van der Waals surface area contributed by atoms with Crippen LogP contribution in [0.25, 0.3) is 0 Å². The highest BCUT2D eigenvalue weighted by Crippen LogP contribution is 2.67. The number of hydrogen-bond acceptors (Lipinski definition) is 8. The first kappa shape index (κ1) is 27.6. The number of nitrogens with two attached hydrogens (primary N) is 1. The average Bonchev–Trinajstić information content (AvgIpc) is 3.19. The Labute approximate surface area is 206 Å². The Balaban J connectivity index is 1.66. The summed E-state index contributed by atoms with van der Waals surface area (Å²) in [5.41, 5.74) is 1.38. The van der Waals surface area contributed by atoms with Crippen molar-refractivity contribution in [1.29, 1.82) is 0 Å². The first-order chi connectivity index (χ1) is 16.1. The van der Waals surface area contributed by atoms with Gasteiger partial charge in [0.25, 0.3) is 0 Å². The van der Waals surface area contributed by atoms with Crippen molar-refractivity contribution in [1.82, 2.24) is 0 Å². The molecule has 0 aromatic heterocycles. The number of rotatable bonds is 9. The van der Waals surface area contributed by atoms with E-state index in [9.17, 15) is 19.5 Å². The van der Waals surface area contributed by atoms with Crippen LogP contribution >= 0.6 is 0 Å². The van der Waals surface area contributed by atoms with E-state index >= 15 is 4.39 Å². The van der Waals surface area contributed by atoms with Crippen molar-refractivity contribution < 1.29 is 42.8 Å². The maximum absolute atomic E-state index is 15.0. The van der Waals surface area contributed by atoms with Crippen molar-refractivity contribution in [2.45, 2.75) is 104 Å². The van der Waals surface area contributed by atoms with Gasteiger partial charge in [0.05, 0.1) is 6.10 Å². The molecule has 0 aromatic rings. The van der Waals surface area contributed by atoms with Gasteiger partial charge >= 0.3 is 18.1 Å². The van der Waals surface area contributed by atoms with Crippen molar-refractivity contribution in [3.05, 3.63) is 0 Å². The summed E-state index contributed by atoms with van der Waals surface area (Å²) in [4.78, 5) is 37.1. The SMILES string of the molecule is CCCO[C@@H]1C[C@@H]2[C@H]([C@]1(N)C(=O)OC(C)OC(=O)O[C@H]1C[C@@H](C)C(C)(C)C1(C)CC)[C@@]2(F)C(=O)O. The molecule has 3 aliphatic rings. The fourth-order valence-electron chi connectivity index (χ4n) is 6.33. The zero-order chi connectivity index (χ0) is 26.6. The predicted octanol–water partition coefficient (Wildman–Crippen LogP) is 3.82. The van der Waals surface area contributed by atoms with Gasteiger partial charge in [-0.3, -0.25) is 0 Å². The highest BCUT2D eigenvalue weighted by molar-refractivity contribution is 5.91. The monoisotopic (exact) mass is 501 g/mol. The third-order valence-electron chi connectivity index (χ3n) is 9.50. The van der Waals surface area contributed by atoms with Gasteiger partial charge in [-0.1, -0.05) is 41.5 Å². The standard InChI is InChI=1S/C25H40FNO8/c1-8-10-32-17-12-15-18(24(15,26)19(28)29)25(17,27)20(30)33-14(4)34-21(31)35-16-11-13(3)22(5,6)23(16,7)9-2/h13-18H,8-12,27H2,1-7H3,(H,28,29)/t13-,14?,15-,16+,17-,18+,23?,24-,25+/m1/s1. The minimum absolute atomic E-state index is 0.0123. The van der Waals surface area contributed by atoms with Crippen LogP contribution in [0.3, 0.4) is 0 Å². The molecule has 3 saturated carbocycles. The molecule has 0 heterocycles. The second-order valence-corrected chi connectivity index (χ2v) is 11.3. The third-order valence-corrected chi connectivity index (χ3v) is 9.50. The van der Waals surface area contributed by atoms with E-state index in [0.29, 0.717) is 18.8 Å². The molecule has 35 heavy (non-hydrogen) atoms. The topological polar surface area (TPSA) is 134 Å². The van der Waals surface area contributed by atoms with Crippen molar-refractivity contribution >= 4 is 18.1 Å². The van der Waals surface area contributed by atoms with Crippen molar-refractivity contribution in [2.75, 3.05) is 6.61 Å². The number of aliphatic carboxylic acids is 1. The van der Waals surface area contributed by atoms with Crippen LogP contribution in [-0.4, -0.2) is 59.5 Å². The van der Waals surface area contributed by atoms with Crippen molar-refractivity contribution in [3.63, 3.8) is 0 Å². The molecule has 200 valence electrons. The molecule has 0 aliphatic heterocycles. The van der Waals surface area contributed by atoms with Crippen LogP contribution in [0.4, 0.5) is 9.18 Å². The Hall–Kier alpha value is -1.94. The number of fused-ring (bicyclic) bond motifs is 1. The number of carboxylic acid groups (broad SMARTS) is 1. The molecule has 3 fully saturated rings. The lowest BCUT2D eigenvalue weighted by molar-refractivity contribution is -0.183. The number of carboxylic acids is 1. The third kappa shape index (κ3) is 4.10. The lowest BCUT2D eigenvalue weighted by Crippen LogP contribution is -2.61. The molecule has 2 unspecified atom stereocenters. The minimum atomic E-state index is -2.61. The van der Waals surface area contributed by atoms with Gasteiger partial charge in [0, 0.05) is 30.8 Å². The van der Waals surface area contributed by atoms with E-state index in [-0.39, 0.29) is 30.0 Å². The largest absolute Gasteiger partial charge is 0.511 e. The number of halogens is 1. The Kier molecular flexibility index (Phi) is 7.25. The molecule has 9 nitrogen and oxygen atoms in total. The van der Waals surface area contributed by atoms with E-state index in [1.54, 1.807) is 0 Å². The van der Waals surface area contributed by atoms with Crippen LogP contribution in [0, 0.1) is 28.6 Å². The van der Waals surface area contributed by atoms with Gasteiger partial charge in [-0.25, -0.2) is 18.8 Å².